The molecule has 0 aliphatic heterocycles. The third kappa shape index (κ3) is 9.12. The number of benzene rings is 4. The molecular weight excluding hydrogens is 770 g/mol. The summed E-state index contributed by atoms with van der Waals surface area (Å²) < 4.78 is 32.0. The van der Waals surface area contributed by atoms with Crippen molar-refractivity contribution < 1.29 is 8.78 Å². The number of nitrogens with zero attached hydrogens (tertiary/aromatic N) is 4. The molecule has 0 fully saturated rings. The Bertz CT molecular complexity index is 1880. The largest absolute Gasteiger partial charge is 0.399 e. The van der Waals surface area contributed by atoms with Crippen LogP contribution in [0, 0.1) is 25.5 Å². The number of nitrogen functional groups attached to an aromatic ring is 1. The van der Waals surface area contributed by atoms with Crippen molar-refractivity contribution in [3.8, 4) is 22.5 Å². The van der Waals surface area contributed by atoms with Crippen LogP contribution in [0.25, 0.3) is 22.5 Å². The summed E-state index contributed by atoms with van der Waals surface area (Å²) in [7, 11) is 3.81. The van der Waals surface area contributed by atoms with Crippen LogP contribution in [0.15, 0.2) is 111 Å². The summed E-state index contributed by atoms with van der Waals surface area (Å²) in [4.78, 5) is 0. The van der Waals surface area contributed by atoms with Gasteiger partial charge in [-0.05, 0) is 117 Å². The molecule has 0 aliphatic rings. The van der Waals surface area contributed by atoms with Crippen molar-refractivity contribution in [2.75, 3.05) is 11.1 Å². The predicted octanol–water partition coefficient (Wildman–Crippen LogP) is 10.4. The van der Waals surface area contributed by atoms with Gasteiger partial charge < -0.3 is 11.1 Å². The van der Waals surface area contributed by atoms with Gasteiger partial charge in [0, 0.05) is 46.8 Å². The van der Waals surface area contributed by atoms with Gasteiger partial charge in [0.25, 0.3) is 0 Å². The number of nitrogens with two attached hydrogens (primary N) is 1. The van der Waals surface area contributed by atoms with Crippen LogP contribution >= 0.6 is 47.8 Å². The lowest BCUT2D eigenvalue weighted by molar-refractivity contribution is 0.626. The number of aryl methyl sites for hydroxylation is 4. The van der Waals surface area contributed by atoms with Crippen molar-refractivity contribution in [2.24, 2.45) is 14.1 Å². The Morgan fingerprint density at radius 3 is 1.67 bits per heavy atom. The van der Waals surface area contributed by atoms with E-state index >= 15 is 0 Å². The molecule has 2 aromatic heterocycles. The third-order valence-electron chi connectivity index (χ3n) is 6.67. The minimum Gasteiger partial charge on any atom is -0.399 e. The molecule has 0 atom stereocenters. The summed E-state index contributed by atoms with van der Waals surface area (Å²) in [5.74, 6) is -0.411. The number of halogens is 5. The molecule has 6 nitrogen and oxygen atoms in total. The summed E-state index contributed by atoms with van der Waals surface area (Å²) in [6.45, 7) is 3.74. The molecule has 0 amide bonds. The van der Waals surface area contributed by atoms with Crippen LogP contribution in [0.1, 0.15) is 11.1 Å². The Morgan fingerprint density at radius 1 is 0.644 bits per heavy atom. The van der Waals surface area contributed by atoms with Gasteiger partial charge in [-0.25, -0.2) is 8.78 Å². The van der Waals surface area contributed by atoms with E-state index < -0.39 is 0 Å². The summed E-state index contributed by atoms with van der Waals surface area (Å²) in [6, 6.07) is 25.1. The highest BCUT2D eigenvalue weighted by Crippen LogP contribution is 2.31. The van der Waals surface area contributed by atoms with Gasteiger partial charge in [0.2, 0.25) is 0 Å². The maximum Gasteiger partial charge on any atom is 0.123 e. The minimum absolute atomic E-state index is 0.185. The SMILES string of the molecule is Cc1cc(F)ccc1Br.Cc1cc(F)ccc1Nc1cccc(-c2c(Br)cnn2C)c1.Cn1ncc(Br)c1-c1cccc(N)c1. The van der Waals surface area contributed by atoms with Crippen molar-refractivity contribution in [3.05, 3.63) is 134 Å². The molecule has 232 valence electrons. The van der Waals surface area contributed by atoms with Gasteiger partial charge >= 0.3 is 0 Å². The van der Waals surface area contributed by atoms with Crippen molar-refractivity contribution in [1.29, 1.82) is 0 Å². The second-order valence-electron chi connectivity index (χ2n) is 10.1. The van der Waals surface area contributed by atoms with E-state index in [0.717, 1.165) is 64.1 Å². The maximum absolute atomic E-state index is 13.2. The van der Waals surface area contributed by atoms with Crippen LogP contribution in [-0.4, -0.2) is 19.6 Å². The van der Waals surface area contributed by atoms with E-state index in [2.05, 4.69) is 63.3 Å². The molecule has 45 heavy (non-hydrogen) atoms. The highest BCUT2D eigenvalue weighted by molar-refractivity contribution is 9.11. The fourth-order valence-electron chi connectivity index (χ4n) is 4.43. The summed E-state index contributed by atoms with van der Waals surface area (Å²) in [5.41, 5.74) is 14.3. The normalized spacial score (nSPS) is 10.4. The Hall–Kier alpha value is -3.80. The monoisotopic (exact) mass is 798 g/mol. The van der Waals surface area contributed by atoms with Gasteiger partial charge in [-0.2, -0.15) is 10.2 Å². The fourth-order valence-corrected chi connectivity index (χ4v) is 5.83. The number of rotatable bonds is 4. The molecule has 0 unspecified atom stereocenters. The molecule has 3 N–H and O–H groups in total. The number of hydrogen-bond donors (Lipinski definition) is 2. The van der Waals surface area contributed by atoms with E-state index in [1.165, 1.54) is 24.3 Å². The molecular formula is C34H31Br3F2N6. The van der Waals surface area contributed by atoms with E-state index in [1.54, 1.807) is 24.5 Å². The first kappa shape index (κ1) is 34.1. The van der Waals surface area contributed by atoms with Crippen LogP contribution in [-0.2, 0) is 14.1 Å². The number of nitrogens with one attached hydrogen (secondary N) is 1. The first-order chi connectivity index (χ1) is 21.4. The molecule has 6 aromatic rings. The van der Waals surface area contributed by atoms with Crippen LogP contribution in [0.4, 0.5) is 25.8 Å². The lowest BCUT2D eigenvalue weighted by Gasteiger charge is -2.11. The van der Waals surface area contributed by atoms with Crippen molar-refractivity contribution in [2.45, 2.75) is 13.8 Å². The summed E-state index contributed by atoms with van der Waals surface area (Å²) >= 11 is 10.2. The zero-order valence-electron chi connectivity index (χ0n) is 25.0. The number of aromatic nitrogens is 4. The Kier molecular flexibility index (Phi) is 11.7. The van der Waals surface area contributed by atoms with Gasteiger partial charge in [0.1, 0.15) is 11.6 Å². The van der Waals surface area contributed by atoms with Gasteiger partial charge in [0.15, 0.2) is 0 Å². The topological polar surface area (TPSA) is 73.7 Å². The molecule has 2 heterocycles. The molecule has 0 spiro atoms. The highest BCUT2D eigenvalue weighted by Gasteiger charge is 2.10. The van der Waals surface area contributed by atoms with Crippen molar-refractivity contribution in [3.63, 3.8) is 0 Å². The quantitative estimate of drug-likeness (QED) is 0.174. The molecule has 0 saturated carbocycles. The van der Waals surface area contributed by atoms with Crippen LogP contribution < -0.4 is 11.1 Å². The first-order valence-corrected chi connectivity index (χ1v) is 16.1. The second-order valence-corrected chi connectivity index (χ2v) is 12.7. The molecule has 0 radical (unpaired) electrons. The molecule has 11 heteroatoms. The lowest BCUT2D eigenvalue weighted by atomic mass is 10.1. The van der Waals surface area contributed by atoms with Gasteiger partial charge in [-0.15, -0.1) is 0 Å². The Labute approximate surface area is 286 Å². The minimum atomic E-state index is -0.226. The van der Waals surface area contributed by atoms with Crippen LogP contribution in [0.2, 0.25) is 0 Å². The fraction of sp³-hybridized carbons (Fsp3) is 0.118. The average Bonchev–Trinajstić information content (AvgIpc) is 3.52. The first-order valence-electron chi connectivity index (χ1n) is 13.7. The van der Waals surface area contributed by atoms with Crippen LogP contribution in [0.3, 0.4) is 0 Å². The number of hydrogen-bond acceptors (Lipinski definition) is 4. The molecule has 4 aromatic carbocycles. The zero-order chi connectivity index (χ0) is 32.7. The van der Waals surface area contributed by atoms with Gasteiger partial charge in [0.05, 0.1) is 32.7 Å². The summed E-state index contributed by atoms with van der Waals surface area (Å²) in [6.07, 6.45) is 3.55. The van der Waals surface area contributed by atoms with E-state index in [1.807, 2.05) is 85.8 Å². The van der Waals surface area contributed by atoms with E-state index in [-0.39, 0.29) is 11.6 Å². The summed E-state index contributed by atoms with van der Waals surface area (Å²) in [5, 5.41) is 11.7. The molecule has 0 aliphatic carbocycles. The maximum atomic E-state index is 13.2. The average molecular weight is 801 g/mol. The highest BCUT2D eigenvalue weighted by atomic mass is 79.9. The number of anilines is 3. The molecule has 6 rings (SSSR count). The van der Waals surface area contributed by atoms with E-state index in [9.17, 15) is 8.78 Å². The van der Waals surface area contributed by atoms with Gasteiger partial charge in [-0.1, -0.05) is 40.2 Å². The Balaban J connectivity index is 0.000000171. The van der Waals surface area contributed by atoms with Crippen molar-refractivity contribution in [1.82, 2.24) is 19.6 Å². The predicted molar refractivity (Wildman–Crippen MR) is 190 cm³/mol. The zero-order valence-corrected chi connectivity index (χ0v) is 29.8. The third-order valence-corrected chi connectivity index (χ3v) is 8.72. The molecule has 0 bridgehead atoms. The van der Waals surface area contributed by atoms with Crippen molar-refractivity contribution >= 4 is 64.9 Å². The lowest BCUT2D eigenvalue weighted by Crippen LogP contribution is -1.96. The smallest absolute Gasteiger partial charge is 0.123 e. The van der Waals surface area contributed by atoms with E-state index in [0.29, 0.717) is 0 Å². The standard InChI is InChI=1S/C17H15BrFN3.C10H10BrN3.C7H6BrF/c1-11-8-13(19)6-7-16(11)21-14-5-3-4-12(9-14)17-15(18)10-20-22(17)2;1-14-10(9(11)6-13-14)7-3-2-4-8(12)5-7;1-5-4-6(9)2-3-7(5)8/h3-10,21H,1-2H3;2-6H,12H2,1H3;2-4H,1H3. The van der Waals surface area contributed by atoms with Crippen LogP contribution in [0.5, 0.6) is 0 Å². The van der Waals surface area contributed by atoms with Gasteiger partial charge in [-0.3, -0.25) is 9.36 Å². The van der Waals surface area contributed by atoms with E-state index in [4.69, 9.17) is 5.73 Å². The molecule has 0 saturated heterocycles. The second kappa shape index (κ2) is 15.5. The Morgan fingerprint density at radius 2 is 1.18 bits per heavy atom.